The van der Waals surface area contributed by atoms with Crippen molar-refractivity contribution in [2.45, 2.75) is 18.9 Å². The fraction of sp³-hybridized carbons (Fsp3) is 0.318. The summed E-state index contributed by atoms with van der Waals surface area (Å²) in [5, 5.41) is 2.19. The first-order chi connectivity index (χ1) is 14.5. The molecule has 0 spiro atoms. The van der Waals surface area contributed by atoms with Crippen molar-refractivity contribution >= 4 is 28.2 Å². The molecule has 1 heterocycles. The average Bonchev–Trinajstić information content (AvgIpc) is 3.06. The van der Waals surface area contributed by atoms with Crippen LogP contribution in [0.15, 0.2) is 54.6 Å². The summed E-state index contributed by atoms with van der Waals surface area (Å²) in [5.41, 5.74) is 2.06. The van der Waals surface area contributed by atoms with Crippen molar-refractivity contribution in [3.8, 4) is 5.75 Å². The summed E-state index contributed by atoms with van der Waals surface area (Å²) in [5.74, 6) is 0.667. The first-order valence-corrected chi connectivity index (χ1v) is 10.5. The van der Waals surface area contributed by atoms with Crippen LogP contribution in [-0.4, -0.2) is 54.2 Å². The minimum Gasteiger partial charge on any atom is -1.00 e. The molecule has 2 aromatic carbocycles. The summed E-state index contributed by atoms with van der Waals surface area (Å²) in [6, 6.07) is 16.7. The van der Waals surface area contributed by atoms with Gasteiger partial charge in [0.2, 0.25) is 5.12 Å². The van der Waals surface area contributed by atoms with E-state index in [9.17, 15) is 14.4 Å². The smallest absolute Gasteiger partial charge is 1.00 e. The molecule has 0 radical (unpaired) electrons. The molecular weight excluding hydrogens is 427 g/mol. The standard InChI is InChI=1S/C22H24N2O5S.Na.H/c1-24(22(27)29-13-11-16-5-3-2-4-6-16)12-14-28-18-9-7-17(8-10-18)15-19-20(25)30-21(26)23-19;;/h2-10,19H,11-15H2,1H3,(H,23,26);;/q;+1;-1. The maximum Gasteiger partial charge on any atom is 1.00 e. The Balaban J connectivity index is 0.00000256. The molecule has 0 aromatic heterocycles. The molecule has 2 amide bonds. The normalized spacial score (nSPS) is 15.1. The minimum absolute atomic E-state index is 0. The van der Waals surface area contributed by atoms with Crippen LogP contribution < -0.4 is 39.6 Å². The van der Waals surface area contributed by atoms with Crippen LogP contribution in [0.5, 0.6) is 5.75 Å². The van der Waals surface area contributed by atoms with Gasteiger partial charge < -0.3 is 21.1 Å². The molecule has 1 fully saturated rings. The number of rotatable bonds is 9. The topological polar surface area (TPSA) is 84.9 Å². The van der Waals surface area contributed by atoms with Gasteiger partial charge >= 0.3 is 35.7 Å². The van der Waals surface area contributed by atoms with E-state index < -0.39 is 6.04 Å². The fourth-order valence-electron chi connectivity index (χ4n) is 2.89. The Labute approximate surface area is 209 Å². The second-order valence-corrected chi connectivity index (χ2v) is 7.85. The number of carbonyl (C=O) groups is 3. The molecule has 1 unspecified atom stereocenters. The number of nitrogens with one attached hydrogen (secondary N) is 1. The van der Waals surface area contributed by atoms with E-state index in [4.69, 9.17) is 9.47 Å². The molecule has 1 aliphatic heterocycles. The third-order valence-corrected chi connectivity index (χ3v) is 5.39. The van der Waals surface area contributed by atoms with Crippen LogP contribution in [0.3, 0.4) is 0 Å². The van der Waals surface area contributed by atoms with E-state index in [1.54, 1.807) is 7.05 Å². The number of thioether (sulfide) groups is 1. The summed E-state index contributed by atoms with van der Waals surface area (Å²) in [6.07, 6.45) is 0.749. The third-order valence-electron chi connectivity index (χ3n) is 4.60. The van der Waals surface area contributed by atoms with Gasteiger partial charge in [-0.1, -0.05) is 42.5 Å². The Hall–Kier alpha value is -2.00. The Bertz CT molecular complexity index is 886. The number of amides is 2. The van der Waals surface area contributed by atoms with Gasteiger partial charge in [0, 0.05) is 31.7 Å². The average molecular weight is 453 g/mol. The zero-order chi connectivity index (χ0) is 21.3. The van der Waals surface area contributed by atoms with Gasteiger partial charge in [0.15, 0.2) is 0 Å². The fourth-order valence-corrected chi connectivity index (χ4v) is 3.56. The van der Waals surface area contributed by atoms with Gasteiger partial charge in [-0.25, -0.2) is 4.79 Å². The first-order valence-electron chi connectivity index (χ1n) is 9.67. The Morgan fingerprint density at radius 3 is 2.42 bits per heavy atom. The second kappa shape index (κ2) is 12.8. The molecule has 0 bridgehead atoms. The molecule has 9 heteroatoms. The van der Waals surface area contributed by atoms with E-state index in [0.717, 1.165) is 11.1 Å². The molecule has 1 saturated heterocycles. The predicted molar refractivity (Wildman–Crippen MR) is 116 cm³/mol. The summed E-state index contributed by atoms with van der Waals surface area (Å²) in [4.78, 5) is 36.4. The number of hydrogen-bond acceptors (Lipinski definition) is 6. The van der Waals surface area contributed by atoms with Gasteiger partial charge in [0.05, 0.1) is 13.2 Å². The van der Waals surface area contributed by atoms with Crippen LogP contribution in [0.1, 0.15) is 12.6 Å². The van der Waals surface area contributed by atoms with Crippen LogP contribution in [0.25, 0.3) is 0 Å². The number of hydrogen-bond donors (Lipinski definition) is 1. The van der Waals surface area contributed by atoms with Crippen LogP contribution in [0, 0.1) is 0 Å². The molecular formula is C22H25N2NaO5S. The summed E-state index contributed by atoms with van der Waals surface area (Å²) >= 11 is 0.715. The number of nitrogens with zero attached hydrogens (tertiary/aromatic N) is 1. The van der Waals surface area contributed by atoms with Crippen LogP contribution in [-0.2, 0) is 22.4 Å². The number of benzene rings is 2. The molecule has 31 heavy (non-hydrogen) atoms. The van der Waals surface area contributed by atoms with Gasteiger partial charge in [0.25, 0.3) is 5.24 Å². The van der Waals surface area contributed by atoms with Crippen molar-refractivity contribution in [1.29, 1.82) is 0 Å². The second-order valence-electron chi connectivity index (χ2n) is 6.87. The Morgan fingerprint density at radius 1 is 1.06 bits per heavy atom. The monoisotopic (exact) mass is 452 g/mol. The molecule has 0 saturated carbocycles. The van der Waals surface area contributed by atoms with Crippen LogP contribution in [0.4, 0.5) is 9.59 Å². The molecule has 2 aromatic rings. The van der Waals surface area contributed by atoms with E-state index in [2.05, 4.69) is 5.32 Å². The summed E-state index contributed by atoms with van der Waals surface area (Å²) in [7, 11) is 1.67. The van der Waals surface area contributed by atoms with Crippen LogP contribution in [0.2, 0.25) is 0 Å². The van der Waals surface area contributed by atoms with Gasteiger partial charge in [-0.2, -0.15) is 0 Å². The van der Waals surface area contributed by atoms with Gasteiger partial charge in [-0.05, 0) is 23.3 Å². The SMILES string of the molecule is CN(CCOc1ccc(CC2NC(=O)SC2=O)cc1)C(=O)OCCc1ccccc1.[H-].[Na+]. The van der Waals surface area contributed by atoms with Crippen molar-refractivity contribution in [2.24, 2.45) is 0 Å². The van der Waals surface area contributed by atoms with Crippen molar-refractivity contribution in [2.75, 3.05) is 26.8 Å². The predicted octanol–water partition coefficient (Wildman–Crippen LogP) is 0.387. The quantitative estimate of drug-likeness (QED) is 0.554. The number of likely N-dealkylation sites (N-methyl/N-ethyl adjacent to an activating group) is 1. The Kier molecular flexibility index (Phi) is 10.4. The molecule has 3 rings (SSSR count). The molecule has 160 valence electrons. The van der Waals surface area contributed by atoms with E-state index >= 15 is 0 Å². The minimum atomic E-state index is -0.476. The van der Waals surface area contributed by atoms with E-state index in [1.165, 1.54) is 4.90 Å². The molecule has 7 nitrogen and oxygen atoms in total. The third kappa shape index (κ3) is 8.22. The van der Waals surface area contributed by atoms with Crippen molar-refractivity contribution in [3.63, 3.8) is 0 Å². The number of carbonyl (C=O) groups excluding carboxylic acids is 3. The molecule has 0 aliphatic carbocycles. The van der Waals surface area contributed by atoms with Crippen molar-refractivity contribution in [1.82, 2.24) is 10.2 Å². The summed E-state index contributed by atoms with van der Waals surface area (Å²) < 4.78 is 11.0. The molecule has 1 aliphatic rings. The first kappa shape index (κ1) is 25.3. The Morgan fingerprint density at radius 2 is 1.77 bits per heavy atom. The zero-order valence-electron chi connectivity index (χ0n) is 18.7. The van der Waals surface area contributed by atoms with E-state index in [0.29, 0.717) is 50.1 Å². The van der Waals surface area contributed by atoms with Crippen LogP contribution >= 0.6 is 11.8 Å². The van der Waals surface area contributed by atoms with Gasteiger partial charge in [-0.3, -0.25) is 9.59 Å². The van der Waals surface area contributed by atoms with Crippen molar-refractivity contribution in [3.05, 3.63) is 65.7 Å². The summed E-state index contributed by atoms with van der Waals surface area (Å²) in [6.45, 7) is 1.06. The largest absolute Gasteiger partial charge is 1.00 e. The van der Waals surface area contributed by atoms with Gasteiger partial charge in [-0.15, -0.1) is 0 Å². The van der Waals surface area contributed by atoms with Gasteiger partial charge in [0.1, 0.15) is 18.4 Å². The van der Waals surface area contributed by atoms with E-state index in [1.807, 2.05) is 54.6 Å². The molecule has 1 atom stereocenters. The maximum absolute atomic E-state index is 12.0. The zero-order valence-corrected chi connectivity index (χ0v) is 20.5. The van der Waals surface area contributed by atoms with E-state index in [-0.39, 0.29) is 47.4 Å². The number of ether oxygens (including phenoxy) is 2. The van der Waals surface area contributed by atoms with Crippen molar-refractivity contribution < 1.29 is 54.8 Å². The maximum atomic E-state index is 12.0. The molecule has 1 N–H and O–H groups in total.